The van der Waals surface area contributed by atoms with E-state index in [1.807, 2.05) is 0 Å². The number of nitrogens with two attached hydrogens (primary N) is 2. The Morgan fingerprint density at radius 1 is 1.27 bits per heavy atom. The third kappa shape index (κ3) is 7.71. The Morgan fingerprint density at radius 2 is 1.87 bits per heavy atom. The average molecular weight is 218 g/mol. The summed E-state index contributed by atoms with van der Waals surface area (Å²) in [4.78, 5) is 21.3. The normalized spacial score (nSPS) is 11.9. The van der Waals surface area contributed by atoms with Crippen molar-refractivity contribution in [3.63, 3.8) is 0 Å². The highest BCUT2D eigenvalue weighted by Crippen LogP contribution is 1.85. The van der Waals surface area contributed by atoms with E-state index in [1.54, 1.807) is 0 Å². The van der Waals surface area contributed by atoms with E-state index in [0.29, 0.717) is 19.5 Å². The molecule has 0 heterocycles. The van der Waals surface area contributed by atoms with E-state index in [9.17, 15) is 9.59 Å². The van der Waals surface area contributed by atoms with Crippen LogP contribution in [-0.4, -0.2) is 42.8 Å². The average Bonchev–Trinajstić information content (AvgIpc) is 2.18. The molecule has 0 radical (unpaired) electrons. The summed E-state index contributed by atoms with van der Waals surface area (Å²) in [6, 6.07) is -1.27. The Labute approximate surface area is 88.2 Å². The number of hydrogen-bond acceptors (Lipinski definition) is 4. The summed E-state index contributed by atoms with van der Waals surface area (Å²) in [7, 11) is 0. The van der Waals surface area contributed by atoms with Crippen molar-refractivity contribution in [2.45, 2.75) is 18.9 Å². The molecule has 7 N–H and O–H groups in total. The van der Waals surface area contributed by atoms with Crippen molar-refractivity contribution in [1.82, 2.24) is 10.6 Å². The SMILES string of the molecule is NCCCNC(=O)NCC[C@H](N)C(=O)O. The van der Waals surface area contributed by atoms with E-state index in [1.165, 1.54) is 0 Å². The fourth-order valence-corrected chi connectivity index (χ4v) is 0.831. The Morgan fingerprint density at radius 3 is 2.40 bits per heavy atom. The van der Waals surface area contributed by atoms with Crippen LogP contribution in [0.4, 0.5) is 4.79 Å². The van der Waals surface area contributed by atoms with Crippen LogP contribution < -0.4 is 22.1 Å². The van der Waals surface area contributed by atoms with Gasteiger partial charge in [0.25, 0.3) is 0 Å². The quantitative estimate of drug-likeness (QED) is 0.330. The molecule has 2 amide bonds. The second kappa shape index (κ2) is 8.01. The Hall–Kier alpha value is -1.34. The van der Waals surface area contributed by atoms with Gasteiger partial charge in [-0.3, -0.25) is 4.79 Å². The summed E-state index contributed by atoms with van der Waals surface area (Å²) in [6.07, 6.45) is 0.918. The Balaban J connectivity index is 3.42. The highest BCUT2D eigenvalue weighted by Gasteiger charge is 2.10. The van der Waals surface area contributed by atoms with E-state index in [4.69, 9.17) is 16.6 Å². The summed E-state index contributed by atoms with van der Waals surface area (Å²) >= 11 is 0. The molecule has 0 aromatic rings. The molecule has 0 spiro atoms. The van der Waals surface area contributed by atoms with Gasteiger partial charge >= 0.3 is 12.0 Å². The lowest BCUT2D eigenvalue weighted by molar-refractivity contribution is -0.138. The van der Waals surface area contributed by atoms with Gasteiger partial charge in [-0.05, 0) is 19.4 Å². The number of hydrogen-bond donors (Lipinski definition) is 5. The van der Waals surface area contributed by atoms with Crippen molar-refractivity contribution >= 4 is 12.0 Å². The molecule has 0 bridgehead atoms. The topological polar surface area (TPSA) is 130 Å². The van der Waals surface area contributed by atoms with Crippen LogP contribution in [0.5, 0.6) is 0 Å². The van der Waals surface area contributed by atoms with E-state index in [0.717, 1.165) is 0 Å². The fraction of sp³-hybridized carbons (Fsp3) is 0.750. The molecular weight excluding hydrogens is 200 g/mol. The first kappa shape index (κ1) is 13.7. The van der Waals surface area contributed by atoms with Gasteiger partial charge in [-0.1, -0.05) is 0 Å². The molecule has 88 valence electrons. The Bertz CT molecular complexity index is 210. The van der Waals surface area contributed by atoms with Gasteiger partial charge in [0.15, 0.2) is 0 Å². The van der Waals surface area contributed by atoms with Gasteiger partial charge < -0.3 is 27.2 Å². The predicted molar refractivity (Wildman–Crippen MR) is 55.3 cm³/mol. The van der Waals surface area contributed by atoms with Crippen molar-refractivity contribution in [3.8, 4) is 0 Å². The minimum Gasteiger partial charge on any atom is -0.480 e. The molecule has 0 aliphatic rings. The minimum atomic E-state index is -1.07. The fourth-order valence-electron chi connectivity index (χ4n) is 0.831. The van der Waals surface area contributed by atoms with E-state index < -0.39 is 12.0 Å². The van der Waals surface area contributed by atoms with Crippen LogP contribution in [0.25, 0.3) is 0 Å². The maximum absolute atomic E-state index is 11.0. The number of aliphatic carboxylic acids is 1. The van der Waals surface area contributed by atoms with Crippen LogP contribution in [-0.2, 0) is 4.79 Å². The predicted octanol–water partition coefficient (Wildman–Crippen LogP) is -1.56. The van der Waals surface area contributed by atoms with Crippen LogP contribution >= 0.6 is 0 Å². The first-order valence-corrected chi connectivity index (χ1v) is 4.78. The summed E-state index contributed by atoms with van der Waals surface area (Å²) in [6.45, 7) is 1.26. The number of carboxylic acids is 1. The number of carbonyl (C=O) groups excluding carboxylic acids is 1. The summed E-state index contributed by atoms with van der Waals surface area (Å²) in [5.41, 5.74) is 10.5. The maximum atomic E-state index is 11.0. The van der Waals surface area contributed by atoms with E-state index in [2.05, 4.69) is 10.6 Å². The van der Waals surface area contributed by atoms with Gasteiger partial charge in [-0.2, -0.15) is 0 Å². The van der Waals surface area contributed by atoms with E-state index in [-0.39, 0.29) is 19.0 Å². The second-order valence-electron chi connectivity index (χ2n) is 3.06. The monoisotopic (exact) mass is 218 g/mol. The van der Waals surface area contributed by atoms with Crippen LogP contribution in [0.2, 0.25) is 0 Å². The molecule has 0 aromatic heterocycles. The van der Waals surface area contributed by atoms with Crippen molar-refractivity contribution < 1.29 is 14.7 Å². The zero-order valence-corrected chi connectivity index (χ0v) is 8.53. The Kier molecular flexibility index (Phi) is 7.29. The second-order valence-corrected chi connectivity index (χ2v) is 3.06. The zero-order valence-electron chi connectivity index (χ0n) is 8.53. The van der Waals surface area contributed by atoms with E-state index >= 15 is 0 Å². The molecule has 0 saturated heterocycles. The lowest BCUT2D eigenvalue weighted by Gasteiger charge is -2.08. The van der Waals surface area contributed by atoms with Gasteiger partial charge in [0.1, 0.15) is 6.04 Å². The van der Waals surface area contributed by atoms with Gasteiger partial charge in [-0.15, -0.1) is 0 Å². The van der Waals surface area contributed by atoms with Crippen molar-refractivity contribution in [2.75, 3.05) is 19.6 Å². The van der Waals surface area contributed by atoms with Gasteiger partial charge in [0.05, 0.1) is 0 Å². The molecule has 15 heavy (non-hydrogen) atoms. The molecule has 7 nitrogen and oxygen atoms in total. The zero-order chi connectivity index (χ0) is 11.7. The molecule has 0 aromatic carbocycles. The van der Waals surface area contributed by atoms with Gasteiger partial charge in [0.2, 0.25) is 0 Å². The van der Waals surface area contributed by atoms with Crippen LogP contribution in [0, 0.1) is 0 Å². The van der Waals surface area contributed by atoms with Crippen LogP contribution in [0.15, 0.2) is 0 Å². The number of amides is 2. The van der Waals surface area contributed by atoms with Crippen LogP contribution in [0.1, 0.15) is 12.8 Å². The molecule has 7 heteroatoms. The largest absolute Gasteiger partial charge is 0.480 e. The standard InChI is InChI=1S/C8H18N4O3/c9-3-1-4-11-8(15)12-5-2-6(10)7(13)14/h6H,1-5,9-10H2,(H,13,14)(H2,11,12,15)/t6-/m0/s1. The van der Waals surface area contributed by atoms with Crippen molar-refractivity contribution in [1.29, 1.82) is 0 Å². The molecular formula is C8H18N4O3. The molecule has 0 rings (SSSR count). The highest BCUT2D eigenvalue weighted by molar-refractivity contribution is 5.74. The lowest BCUT2D eigenvalue weighted by Crippen LogP contribution is -2.40. The third-order valence-corrected chi connectivity index (χ3v) is 1.72. The maximum Gasteiger partial charge on any atom is 0.320 e. The van der Waals surface area contributed by atoms with Gasteiger partial charge in [-0.25, -0.2) is 4.79 Å². The molecule has 0 aliphatic heterocycles. The number of carbonyl (C=O) groups is 2. The first-order chi connectivity index (χ1) is 7.07. The smallest absolute Gasteiger partial charge is 0.320 e. The van der Waals surface area contributed by atoms with Crippen LogP contribution in [0.3, 0.4) is 0 Å². The lowest BCUT2D eigenvalue weighted by atomic mass is 10.2. The summed E-state index contributed by atoms with van der Waals surface area (Å²) in [5, 5.41) is 13.5. The van der Waals surface area contributed by atoms with Crippen molar-refractivity contribution in [2.24, 2.45) is 11.5 Å². The molecule has 1 atom stereocenters. The number of carboxylic acid groups (broad SMARTS) is 1. The molecule has 0 aliphatic carbocycles. The number of rotatable bonds is 7. The molecule has 0 fully saturated rings. The molecule has 0 saturated carbocycles. The summed E-state index contributed by atoms with van der Waals surface area (Å²) in [5.74, 6) is -1.07. The number of nitrogens with one attached hydrogen (secondary N) is 2. The highest BCUT2D eigenvalue weighted by atomic mass is 16.4. The third-order valence-electron chi connectivity index (χ3n) is 1.72. The molecule has 0 unspecified atom stereocenters. The number of urea groups is 1. The van der Waals surface area contributed by atoms with Gasteiger partial charge in [0, 0.05) is 13.1 Å². The van der Waals surface area contributed by atoms with Crippen molar-refractivity contribution in [3.05, 3.63) is 0 Å². The summed E-state index contributed by atoms with van der Waals surface area (Å²) < 4.78 is 0. The first-order valence-electron chi connectivity index (χ1n) is 4.78. The minimum absolute atomic E-state index is 0.208.